The Morgan fingerprint density at radius 1 is 1.42 bits per heavy atom. The molecule has 0 atom stereocenters. The molecule has 2 aromatic rings. The van der Waals surface area contributed by atoms with Crippen molar-refractivity contribution in [1.29, 1.82) is 0 Å². The van der Waals surface area contributed by atoms with Gasteiger partial charge < -0.3 is 10.4 Å². The average Bonchev–Trinajstić information content (AvgIpc) is 2.89. The van der Waals surface area contributed by atoms with E-state index in [9.17, 15) is 4.79 Å². The Kier molecular flexibility index (Phi) is 4.61. The highest BCUT2D eigenvalue weighted by atomic mass is 32.1. The van der Waals surface area contributed by atoms with Crippen molar-refractivity contribution < 1.29 is 9.90 Å². The number of aliphatic hydroxyl groups is 1. The topological polar surface area (TPSA) is 75.1 Å². The van der Waals surface area contributed by atoms with E-state index in [1.54, 1.807) is 11.4 Å². The van der Waals surface area contributed by atoms with Crippen molar-refractivity contribution in [2.24, 2.45) is 0 Å². The zero-order valence-corrected chi connectivity index (χ0v) is 10.8. The van der Waals surface area contributed by atoms with Crippen LogP contribution in [0, 0.1) is 11.8 Å². The monoisotopic (exact) mass is 273 g/mol. The van der Waals surface area contributed by atoms with Crippen molar-refractivity contribution in [3.05, 3.63) is 40.6 Å². The lowest BCUT2D eigenvalue weighted by molar-refractivity contribution is 0.102. The lowest BCUT2D eigenvalue weighted by Crippen LogP contribution is -2.11. The lowest BCUT2D eigenvalue weighted by atomic mass is 10.3. The normalized spacial score (nSPS) is 9.53. The Bertz CT molecular complexity index is 614. The molecule has 0 bridgehead atoms. The molecule has 1 amide bonds. The Hall–Kier alpha value is -2.23. The van der Waals surface area contributed by atoms with Gasteiger partial charge in [0.2, 0.25) is 0 Å². The number of anilines is 1. The first kappa shape index (κ1) is 13.2. The van der Waals surface area contributed by atoms with Gasteiger partial charge in [-0.2, -0.15) is 0 Å². The number of amides is 1. The van der Waals surface area contributed by atoms with Gasteiger partial charge in [0.1, 0.15) is 6.33 Å². The van der Waals surface area contributed by atoms with E-state index in [0.29, 0.717) is 17.7 Å². The van der Waals surface area contributed by atoms with Crippen LogP contribution in [0.3, 0.4) is 0 Å². The Labute approximate surface area is 114 Å². The van der Waals surface area contributed by atoms with Crippen LogP contribution in [-0.4, -0.2) is 27.6 Å². The van der Waals surface area contributed by atoms with E-state index in [1.807, 2.05) is 0 Å². The molecular formula is C13H11N3O2S. The van der Waals surface area contributed by atoms with Crippen LogP contribution < -0.4 is 5.32 Å². The molecule has 0 aromatic carbocycles. The summed E-state index contributed by atoms with van der Waals surface area (Å²) in [7, 11) is 0. The number of aliphatic hydroxyl groups excluding tert-OH is 1. The smallest absolute Gasteiger partial charge is 0.256 e. The zero-order valence-electron chi connectivity index (χ0n) is 9.96. The number of nitrogens with zero attached hydrogens (tertiary/aromatic N) is 2. The van der Waals surface area contributed by atoms with Gasteiger partial charge in [0.05, 0.1) is 35.1 Å². The molecule has 0 aliphatic heterocycles. The van der Waals surface area contributed by atoms with E-state index in [1.165, 1.54) is 30.1 Å². The molecule has 0 radical (unpaired) electrons. The molecule has 2 aromatic heterocycles. The van der Waals surface area contributed by atoms with Crippen LogP contribution in [0.25, 0.3) is 0 Å². The summed E-state index contributed by atoms with van der Waals surface area (Å²) < 4.78 is 0. The van der Waals surface area contributed by atoms with Crippen LogP contribution in [-0.2, 0) is 0 Å². The molecule has 96 valence electrons. The number of hydrogen-bond donors (Lipinski definition) is 2. The summed E-state index contributed by atoms with van der Waals surface area (Å²) in [5, 5.41) is 13.1. The second kappa shape index (κ2) is 6.64. The quantitative estimate of drug-likeness (QED) is 0.831. The van der Waals surface area contributed by atoms with Crippen molar-refractivity contribution >= 4 is 22.9 Å². The minimum absolute atomic E-state index is 0.0414. The fraction of sp³-hybridized carbons (Fsp3) is 0.154. The van der Waals surface area contributed by atoms with E-state index >= 15 is 0 Å². The summed E-state index contributed by atoms with van der Waals surface area (Å²) in [5.41, 5.74) is 1.09. The number of thiophene rings is 1. The van der Waals surface area contributed by atoms with Crippen LogP contribution in [0.1, 0.15) is 21.7 Å². The van der Waals surface area contributed by atoms with E-state index in [-0.39, 0.29) is 12.5 Å². The molecule has 0 aliphatic rings. The average molecular weight is 273 g/mol. The van der Waals surface area contributed by atoms with Crippen molar-refractivity contribution in [2.45, 2.75) is 6.42 Å². The SMILES string of the molecule is O=C(Nc1cncnc1)c1csc(C#CCCO)c1. The molecule has 2 rings (SSSR count). The summed E-state index contributed by atoms with van der Waals surface area (Å²) >= 11 is 1.39. The predicted octanol–water partition coefficient (Wildman–Crippen LogP) is 1.52. The third kappa shape index (κ3) is 3.88. The molecule has 19 heavy (non-hydrogen) atoms. The maximum absolute atomic E-state index is 11.9. The van der Waals surface area contributed by atoms with E-state index < -0.39 is 0 Å². The minimum Gasteiger partial charge on any atom is -0.395 e. The number of hydrogen-bond acceptors (Lipinski definition) is 5. The van der Waals surface area contributed by atoms with Gasteiger partial charge >= 0.3 is 0 Å². The molecule has 2 heterocycles. The molecule has 0 saturated heterocycles. The summed E-state index contributed by atoms with van der Waals surface area (Å²) in [6.07, 6.45) is 4.88. The Morgan fingerprint density at radius 2 is 2.21 bits per heavy atom. The van der Waals surface area contributed by atoms with Crippen LogP contribution in [0.4, 0.5) is 5.69 Å². The first-order chi connectivity index (χ1) is 9.29. The van der Waals surface area contributed by atoms with Gasteiger partial charge in [0.15, 0.2) is 0 Å². The van der Waals surface area contributed by atoms with Gasteiger partial charge in [-0.15, -0.1) is 11.3 Å². The second-order valence-corrected chi connectivity index (χ2v) is 4.47. The first-order valence-corrected chi connectivity index (χ1v) is 6.42. The number of carbonyl (C=O) groups excluding carboxylic acids is 1. The Morgan fingerprint density at radius 3 is 2.95 bits per heavy atom. The summed E-state index contributed by atoms with van der Waals surface area (Å²) in [6.45, 7) is 0.0414. The zero-order chi connectivity index (χ0) is 13.5. The maximum atomic E-state index is 11.9. The van der Waals surface area contributed by atoms with E-state index in [0.717, 1.165) is 4.88 Å². The number of aromatic nitrogens is 2. The van der Waals surface area contributed by atoms with E-state index in [2.05, 4.69) is 27.1 Å². The second-order valence-electron chi connectivity index (χ2n) is 3.56. The molecule has 0 unspecified atom stereocenters. The van der Waals surface area contributed by atoms with Crippen LogP contribution in [0.15, 0.2) is 30.2 Å². The highest BCUT2D eigenvalue weighted by molar-refractivity contribution is 7.10. The largest absolute Gasteiger partial charge is 0.395 e. The summed E-state index contributed by atoms with van der Waals surface area (Å²) in [5.74, 6) is 5.48. The third-order valence-corrected chi connectivity index (χ3v) is 2.97. The highest BCUT2D eigenvalue weighted by Gasteiger charge is 2.08. The molecule has 0 spiro atoms. The highest BCUT2D eigenvalue weighted by Crippen LogP contribution is 2.15. The summed E-state index contributed by atoms with van der Waals surface area (Å²) in [6, 6.07) is 1.72. The lowest BCUT2D eigenvalue weighted by Gasteiger charge is -2.00. The first-order valence-electron chi connectivity index (χ1n) is 5.54. The number of carbonyl (C=O) groups is 1. The predicted molar refractivity (Wildman–Crippen MR) is 72.9 cm³/mol. The van der Waals surface area contributed by atoms with Gasteiger partial charge in [-0.1, -0.05) is 11.8 Å². The standard InChI is InChI=1S/C13H11N3O2S/c17-4-2-1-3-12-5-10(8-19-12)13(18)16-11-6-14-9-15-7-11/h5-9,17H,2,4H2,(H,16,18). The number of rotatable bonds is 3. The molecule has 6 heteroatoms. The van der Waals surface area contributed by atoms with E-state index in [4.69, 9.17) is 5.11 Å². The molecule has 5 nitrogen and oxygen atoms in total. The molecule has 2 N–H and O–H groups in total. The maximum Gasteiger partial charge on any atom is 0.256 e. The molecule has 0 saturated carbocycles. The fourth-order valence-corrected chi connectivity index (χ4v) is 2.05. The molecule has 0 aliphatic carbocycles. The van der Waals surface area contributed by atoms with Crippen LogP contribution in [0.5, 0.6) is 0 Å². The van der Waals surface area contributed by atoms with Crippen molar-refractivity contribution in [3.63, 3.8) is 0 Å². The summed E-state index contributed by atoms with van der Waals surface area (Å²) in [4.78, 5) is 20.3. The molecule has 0 fully saturated rings. The van der Waals surface area contributed by atoms with Gasteiger partial charge in [0, 0.05) is 11.8 Å². The minimum atomic E-state index is -0.221. The van der Waals surface area contributed by atoms with Gasteiger partial charge in [-0.3, -0.25) is 4.79 Å². The van der Waals surface area contributed by atoms with Crippen molar-refractivity contribution in [1.82, 2.24) is 9.97 Å². The number of nitrogens with one attached hydrogen (secondary N) is 1. The van der Waals surface area contributed by atoms with Crippen LogP contribution in [0.2, 0.25) is 0 Å². The van der Waals surface area contributed by atoms with Gasteiger partial charge in [-0.05, 0) is 6.07 Å². The fourth-order valence-electron chi connectivity index (χ4n) is 1.29. The van der Waals surface area contributed by atoms with Crippen molar-refractivity contribution in [3.8, 4) is 11.8 Å². The Balaban J connectivity index is 2.03. The molecular weight excluding hydrogens is 262 g/mol. The van der Waals surface area contributed by atoms with Crippen molar-refractivity contribution in [2.75, 3.05) is 11.9 Å². The van der Waals surface area contributed by atoms with Gasteiger partial charge in [-0.25, -0.2) is 9.97 Å². The van der Waals surface area contributed by atoms with Crippen LogP contribution >= 0.6 is 11.3 Å². The third-order valence-electron chi connectivity index (χ3n) is 2.13. The van der Waals surface area contributed by atoms with Gasteiger partial charge in [0.25, 0.3) is 5.91 Å².